The van der Waals surface area contributed by atoms with Crippen LogP contribution in [0.5, 0.6) is 17.2 Å². The number of hydrogen-bond donors (Lipinski definition) is 0. The van der Waals surface area contributed by atoms with E-state index in [1.807, 2.05) is 42.5 Å². The predicted molar refractivity (Wildman–Crippen MR) is 98.9 cm³/mol. The molecule has 0 spiro atoms. The molecule has 3 rings (SSSR count). The van der Waals surface area contributed by atoms with E-state index in [1.165, 1.54) is 5.01 Å². The fourth-order valence-corrected chi connectivity index (χ4v) is 2.85. The molecule has 6 nitrogen and oxygen atoms in total. The molecule has 1 aliphatic rings. The average Bonchev–Trinajstić information content (AvgIpc) is 2.69. The van der Waals surface area contributed by atoms with Crippen LogP contribution in [0.4, 0.5) is 0 Å². The van der Waals surface area contributed by atoms with Crippen molar-refractivity contribution in [2.75, 3.05) is 21.3 Å². The van der Waals surface area contributed by atoms with Gasteiger partial charge < -0.3 is 14.2 Å². The van der Waals surface area contributed by atoms with Crippen molar-refractivity contribution in [1.82, 2.24) is 5.01 Å². The number of carbonyl (C=O) groups is 1. The average molecular weight is 354 g/mol. The lowest BCUT2D eigenvalue weighted by molar-refractivity contribution is -0.132. The Hall–Kier alpha value is -3.02. The Morgan fingerprint density at radius 3 is 2.31 bits per heavy atom. The first-order valence-electron chi connectivity index (χ1n) is 8.37. The van der Waals surface area contributed by atoms with E-state index in [0.29, 0.717) is 30.9 Å². The summed E-state index contributed by atoms with van der Waals surface area (Å²) in [4.78, 5) is 12.3. The summed E-state index contributed by atoms with van der Waals surface area (Å²) >= 11 is 0. The zero-order chi connectivity index (χ0) is 18.5. The second-order valence-corrected chi connectivity index (χ2v) is 5.92. The molecule has 0 atom stereocenters. The minimum Gasteiger partial charge on any atom is -0.497 e. The van der Waals surface area contributed by atoms with E-state index in [-0.39, 0.29) is 5.91 Å². The summed E-state index contributed by atoms with van der Waals surface area (Å²) in [6.07, 6.45) is 1.04. The number of methoxy groups -OCH3 is 3. The molecule has 2 aromatic carbocycles. The highest BCUT2D eigenvalue weighted by atomic mass is 16.5. The smallest absolute Gasteiger partial charge is 0.243 e. The summed E-state index contributed by atoms with van der Waals surface area (Å²) in [5, 5.41) is 6.10. The molecule has 26 heavy (non-hydrogen) atoms. The highest BCUT2D eigenvalue weighted by molar-refractivity contribution is 6.04. The van der Waals surface area contributed by atoms with Gasteiger partial charge in [-0.25, -0.2) is 5.01 Å². The van der Waals surface area contributed by atoms with E-state index in [0.717, 1.165) is 22.6 Å². The molecule has 0 aromatic heterocycles. The van der Waals surface area contributed by atoms with E-state index >= 15 is 0 Å². The van der Waals surface area contributed by atoms with Gasteiger partial charge in [0, 0.05) is 18.4 Å². The van der Waals surface area contributed by atoms with Gasteiger partial charge in [0.05, 0.1) is 33.6 Å². The fraction of sp³-hybridized carbons (Fsp3) is 0.300. The third-order valence-corrected chi connectivity index (χ3v) is 4.31. The normalized spacial score (nSPS) is 14.0. The first-order valence-corrected chi connectivity index (χ1v) is 8.37. The van der Waals surface area contributed by atoms with Crippen LogP contribution in [0, 0.1) is 0 Å². The minimum absolute atomic E-state index is 0.0186. The lowest BCUT2D eigenvalue weighted by atomic mass is 10.0. The third-order valence-electron chi connectivity index (χ3n) is 4.31. The molecule has 1 heterocycles. The van der Waals surface area contributed by atoms with Crippen LogP contribution in [0.15, 0.2) is 47.6 Å². The van der Waals surface area contributed by atoms with Gasteiger partial charge in [-0.3, -0.25) is 4.79 Å². The van der Waals surface area contributed by atoms with Crippen LogP contribution in [0.2, 0.25) is 0 Å². The number of carbonyl (C=O) groups excluding carboxylic acids is 1. The van der Waals surface area contributed by atoms with E-state index in [2.05, 4.69) is 5.10 Å². The largest absolute Gasteiger partial charge is 0.497 e. The maximum Gasteiger partial charge on any atom is 0.243 e. The SMILES string of the molecule is COc1ccc(CN2N=C(c3ccc(OC)c(OC)c3)CCC2=O)cc1. The Balaban J connectivity index is 1.84. The number of benzene rings is 2. The first-order chi connectivity index (χ1) is 12.6. The van der Waals surface area contributed by atoms with Crippen LogP contribution in [0.3, 0.4) is 0 Å². The van der Waals surface area contributed by atoms with Crippen molar-refractivity contribution >= 4 is 11.6 Å². The Bertz CT molecular complexity index is 815. The van der Waals surface area contributed by atoms with Crippen molar-refractivity contribution in [1.29, 1.82) is 0 Å². The van der Waals surface area contributed by atoms with E-state index in [9.17, 15) is 4.79 Å². The van der Waals surface area contributed by atoms with Crippen molar-refractivity contribution < 1.29 is 19.0 Å². The molecule has 1 aliphatic heterocycles. The van der Waals surface area contributed by atoms with Crippen LogP contribution in [0.25, 0.3) is 0 Å². The van der Waals surface area contributed by atoms with Crippen LogP contribution in [-0.4, -0.2) is 38.0 Å². The summed E-state index contributed by atoms with van der Waals surface area (Å²) in [5.74, 6) is 2.11. The van der Waals surface area contributed by atoms with Gasteiger partial charge in [0.1, 0.15) is 5.75 Å². The lowest BCUT2D eigenvalue weighted by Crippen LogP contribution is -2.31. The number of amides is 1. The van der Waals surface area contributed by atoms with Crippen molar-refractivity contribution in [3.63, 3.8) is 0 Å². The van der Waals surface area contributed by atoms with Gasteiger partial charge in [0.15, 0.2) is 11.5 Å². The number of hydrazone groups is 1. The summed E-state index contributed by atoms with van der Waals surface area (Å²) in [6.45, 7) is 0.430. The number of nitrogens with zero attached hydrogens (tertiary/aromatic N) is 2. The summed E-state index contributed by atoms with van der Waals surface area (Å²) < 4.78 is 15.8. The monoisotopic (exact) mass is 354 g/mol. The van der Waals surface area contributed by atoms with E-state index in [4.69, 9.17) is 14.2 Å². The zero-order valence-electron chi connectivity index (χ0n) is 15.2. The van der Waals surface area contributed by atoms with Crippen molar-refractivity contribution in [3.05, 3.63) is 53.6 Å². The van der Waals surface area contributed by atoms with Crippen molar-refractivity contribution in [3.8, 4) is 17.2 Å². The zero-order valence-corrected chi connectivity index (χ0v) is 15.2. The van der Waals surface area contributed by atoms with Gasteiger partial charge in [-0.2, -0.15) is 5.10 Å². The highest BCUT2D eigenvalue weighted by Gasteiger charge is 2.22. The molecule has 0 fully saturated rings. The molecule has 0 radical (unpaired) electrons. The minimum atomic E-state index is 0.0186. The Morgan fingerprint density at radius 1 is 0.923 bits per heavy atom. The van der Waals surface area contributed by atoms with Gasteiger partial charge in [-0.1, -0.05) is 12.1 Å². The van der Waals surface area contributed by atoms with Crippen LogP contribution in [0.1, 0.15) is 24.0 Å². The number of ether oxygens (including phenoxy) is 3. The molecule has 0 saturated carbocycles. The summed E-state index contributed by atoms with van der Waals surface area (Å²) in [6, 6.07) is 13.3. The van der Waals surface area contributed by atoms with Gasteiger partial charge in [-0.05, 0) is 35.9 Å². The van der Waals surface area contributed by atoms with Gasteiger partial charge in [-0.15, -0.1) is 0 Å². The second-order valence-electron chi connectivity index (χ2n) is 5.92. The molecule has 136 valence electrons. The fourth-order valence-electron chi connectivity index (χ4n) is 2.85. The molecule has 0 saturated heterocycles. The maximum absolute atomic E-state index is 12.3. The first kappa shape index (κ1) is 17.8. The molecule has 0 bridgehead atoms. The molecular weight excluding hydrogens is 332 g/mol. The molecular formula is C20H22N2O4. The Labute approximate surface area is 153 Å². The lowest BCUT2D eigenvalue weighted by Gasteiger charge is -2.24. The molecule has 2 aromatic rings. The Morgan fingerprint density at radius 2 is 1.65 bits per heavy atom. The number of hydrogen-bond acceptors (Lipinski definition) is 5. The van der Waals surface area contributed by atoms with E-state index in [1.54, 1.807) is 21.3 Å². The maximum atomic E-state index is 12.3. The van der Waals surface area contributed by atoms with Crippen LogP contribution >= 0.6 is 0 Å². The molecule has 1 amide bonds. The number of rotatable bonds is 6. The van der Waals surface area contributed by atoms with Gasteiger partial charge in [0.2, 0.25) is 5.91 Å². The standard InChI is InChI=1S/C20H22N2O4/c1-24-16-7-4-14(5-8-16)13-22-20(23)11-9-17(21-22)15-6-10-18(25-2)19(12-15)26-3/h4-8,10,12H,9,11,13H2,1-3H3. The molecule has 0 aliphatic carbocycles. The van der Waals surface area contributed by atoms with Gasteiger partial charge >= 0.3 is 0 Å². The Kier molecular flexibility index (Phi) is 5.41. The highest BCUT2D eigenvalue weighted by Crippen LogP contribution is 2.29. The van der Waals surface area contributed by atoms with Crippen molar-refractivity contribution in [2.45, 2.75) is 19.4 Å². The quantitative estimate of drug-likeness (QED) is 0.799. The molecule has 6 heteroatoms. The third kappa shape index (κ3) is 3.79. The molecule has 0 unspecified atom stereocenters. The van der Waals surface area contributed by atoms with Crippen molar-refractivity contribution in [2.24, 2.45) is 5.10 Å². The molecule has 0 N–H and O–H groups in total. The van der Waals surface area contributed by atoms with Crippen LogP contribution in [-0.2, 0) is 11.3 Å². The van der Waals surface area contributed by atoms with Gasteiger partial charge in [0.25, 0.3) is 0 Å². The van der Waals surface area contributed by atoms with Crippen LogP contribution < -0.4 is 14.2 Å². The predicted octanol–water partition coefficient (Wildman–Crippen LogP) is 3.24. The summed E-state index contributed by atoms with van der Waals surface area (Å²) in [5.41, 5.74) is 2.78. The van der Waals surface area contributed by atoms with E-state index < -0.39 is 0 Å². The summed E-state index contributed by atoms with van der Waals surface area (Å²) in [7, 11) is 4.83. The topological polar surface area (TPSA) is 60.4 Å². The second kappa shape index (κ2) is 7.91.